The molecule has 2 heterocycles. The quantitative estimate of drug-likeness (QED) is 0.596. The topological polar surface area (TPSA) is 60.1 Å². The molecule has 6 heteroatoms. The third-order valence-corrected chi connectivity index (χ3v) is 2.23. The van der Waals surface area contributed by atoms with Crippen LogP contribution < -0.4 is 5.46 Å². The minimum Gasteiger partial charge on any atom is -0.404 e. The molecule has 0 bridgehead atoms. The summed E-state index contributed by atoms with van der Waals surface area (Å²) in [5, 5.41) is 12.9. The molecule has 15 heavy (non-hydrogen) atoms. The first-order valence-electron chi connectivity index (χ1n) is 4.75. The summed E-state index contributed by atoms with van der Waals surface area (Å²) in [4.78, 5) is 0. The van der Waals surface area contributed by atoms with E-state index < -0.39 is 7.12 Å². The van der Waals surface area contributed by atoms with Gasteiger partial charge in [0.1, 0.15) is 6.07 Å². The monoisotopic (exact) mass is 205 g/mol. The lowest BCUT2D eigenvalue weighted by Crippen LogP contribution is -2.35. The number of nitriles is 1. The Morgan fingerprint density at radius 3 is 2.93 bits per heavy atom. The Hall–Kier alpha value is -1.32. The van der Waals surface area contributed by atoms with E-state index in [1.54, 1.807) is 17.9 Å². The summed E-state index contributed by atoms with van der Waals surface area (Å²) in [7, 11) is 1.30. The van der Waals surface area contributed by atoms with Crippen LogP contribution in [0.25, 0.3) is 0 Å². The first-order valence-corrected chi connectivity index (χ1v) is 4.75. The molecule has 0 spiro atoms. The zero-order chi connectivity index (χ0) is 11.1. The van der Waals surface area contributed by atoms with Crippen LogP contribution in [0.4, 0.5) is 0 Å². The molecule has 5 nitrogen and oxygen atoms in total. The van der Waals surface area contributed by atoms with Crippen LogP contribution in [-0.4, -0.2) is 29.1 Å². The first-order chi connectivity index (χ1) is 7.02. The molecule has 1 aromatic rings. The van der Waals surface area contributed by atoms with Crippen LogP contribution in [0.1, 0.15) is 19.5 Å². The van der Waals surface area contributed by atoms with Gasteiger partial charge in [-0.05, 0) is 13.8 Å². The van der Waals surface area contributed by atoms with Crippen LogP contribution in [0.2, 0.25) is 0 Å². The molecule has 1 aliphatic heterocycles. The fraction of sp³-hybridized carbons (Fsp3) is 0.556. The maximum absolute atomic E-state index is 8.89. The van der Waals surface area contributed by atoms with Crippen LogP contribution >= 0.6 is 0 Å². The normalized spacial score (nSPS) is 19.2. The van der Waals surface area contributed by atoms with E-state index in [1.165, 1.54) is 0 Å². The maximum atomic E-state index is 8.89. The highest BCUT2D eigenvalue weighted by atomic mass is 16.7. The summed E-state index contributed by atoms with van der Waals surface area (Å²) in [6.45, 7) is 4.43. The van der Waals surface area contributed by atoms with Gasteiger partial charge in [-0.3, -0.25) is 4.68 Å². The fourth-order valence-corrected chi connectivity index (χ4v) is 1.55. The lowest BCUT2D eigenvalue weighted by atomic mass is 9.79. The summed E-state index contributed by atoms with van der Waals surface area (Å²) < 4.78 is 12.7. The van der Waals surface area contributed by atoms with Gasteiger partial charge in [0.2, 0.25) is 0 Å². The van der Waals surface area contributed by atoms with Crippen molar-refractivity contribution in [3.05, 3.63) is 11.9 Å². The molecule has 0 aromatic carbocycles. The summed E-state index contributed by atoms with van der Waals surface area (Å²) >= 11 is 0. The van der Waals surface area contributed by atoms with Crippen molar-refractivity contribution in [1.82, 2.24) is 9.78 Å². The van der Waals surface area contributed by atoms with Gasteiger partial charge in [0.05, 0.1) is 12.2 Å². The number of hydrogen-bond donors (Lipinski definition) is 0. The number of rotatable bonds is 1. The molecule has 1 fully saturated rings. The van der Waals surface area contributed by atoms with Crippen molar-refractivity contribution < 1.29 is 9.31 Å². The standard InChI is InChI=1S/C9H12BN3O2/c1-9(2)6-14-10(15-9)7-5-13(3)12-8(7)4-11/h5H,6H2,1-3H3. The van der Waals surface area contributed by atoms with Gasteiger partial charge in [-0.2, -0.15) is 10.4 Å². The summed E-state index contributed by atoms with van der Waals surface area (Å²) in [6.07, 6.45) is 1.75. The number of aryl methyl sites for hydroxylation is 1. The van der Waals surface area contributed by atoms with E-state index in [1.807, 2.05) is 19.9 Å². The molecule has 78 valence electrons. The van der Waals surface area contributed by atoms with Gasteiger partial charge in [0.15, 0.2) is 5.69 Å². The molecule has 0 saturated carbocycles. The number of hydrogen-bond acceptors (Lipinski definition) is 4. The van der Waals surface area contributed by atoms with Crippen molar-refractivity contribution in [2.75, 3.05) is 6.61 Å². The zero-order valence-corrected chi connectivity index (χ0v) is 9.02. The van der Waals surface area contributed by atoms with E-state index in [-0.39, 0.29) is 5.60 Å². The Morgan fingerprint density at radius 2 is 2.40 bits per heavy atom. The Kier molecular flexibility index (Phi) is 2.29. The lowest BCUT2D eigenvalue weighted by Gasteiger charge is -2.14. The smallest absolute Gasteiger partial charge is 0.404 e. The van der Waals surface area contributed by atoms with Crippen molar-refractivity contribution in [3.63, 3.8) is 0 Å². The van der Waals surface area contributed by atoms with Gasteiger partial charge in [0, 0.05) is 18.7 Å². The van der Waals surface area contributed by atoms with Crippen LogP contribution in [0.15, 0.2) is 6.20 Å². The number of nitrogens with zero attached hydrogens (tertiary/aromatic N) is 3. The molecule has 0 aliphatic carbocycles. The van der Waals surface area contributed by atoms with E-state index in [9.17, 15) is 0 Å². The summed E-state index contributed by atoms with van der Waals surface area (Å²) in [5.41, 5.74) is 0.763. The molecule has 2 rings (SSSR count). The van der Waals surface area contributed by atoms with E-state index in [0.29, 0.717) is 17.8 Å². The SMILES string of the molecule is Cn1cc(B2OCC(C)(C)O2)c(C#N)n1. The predicted molar refractivity (Wildman–Crippen MR) is 54.4 cm³/mol. The molecule has 0 atom stereocenters. The molecular weight excluding hydrogens is 193 g/mol. The van der Waals surface area contributed by atoms with Crippen molar-refractivity contribution in [2.45, 2.75) is 19.4 Å². The zero-order valence-electron chi connectivity index (χ0n) is 9.02. The Bertz CT molecular complexity index is 421. The molecule has 0 N–H and O–H groups in total. The minimum atomic E-state index is -0.469. The maximum Gasteiger partial charge on any atom is 0.499 e. The van der Waals surface area contributed by atoms with Crippen LogP contribution in [0.3, 0.4) is 0 Å². The molecule has 1 saturated heterocycles. The van der Waals surface area contributed by atoms with E-state index in [0.717, 1.165) is 0 Å². The fourth-order valence-electron chi connectivity index (χ4n) is 1.55. The highest BCUT2D eigenvalue weighted by molar-refractivity contribution is 6.62. The number of aromatic nitrogens is 2. The molecule has 0 amide bonds. The third kappa shape index (κ3) is 1.89. The average Bonchev–Trinajstić information content (AvgIpc) is 2.68. The van der Waals surface area contributed by atoms with Gasteiger partial charge < -0.3 is 9.31 Å². The van der Waals surface area contributed by atoms with Gasteiger partial charge in [-0.15, -0.1) is 0 Å². The summed E-state index contributed by atoms with van der Waals surface area (Å²) in [6, 6.07) is 2.03. The van der Waals surface area contributed by atoms with Crippen molar-refractivity contribution in [3.8, 4) is 6.07 Å². The van der Waals surface area contributed by atoms with Crippen molar-refractivity contribution in [1.29, 1.82) is 5.26 Å². The van der Waals surface area contributed by atoms with Gasteiger partial charge >= 0.3 is 7.12 Å². The van der Waals surface area contributed by atoms with Crippen LogP contribution in [-0.2, 0) is 16.4 Å². The van der Waals surface area contributed by atoms with Crippen molar-refractivity contribution >= 4 is 12.6 Å². The second-order valence-corrected chi connectivity index (χ2v) is 4.24. The van der Waals surface area contributed by atoms with Gasteiger partial charge in [0.25, 0.3) is 0 Å². The second-order valence-electron chi connectivity index (χ2n) is 4.24. The molecule has 0 unspecified atom stereocenters. The van der Waals surface area contributed by atoms with Crippen molar-refractivity contribution in [2.24, 2.45) is 7.05 Å². The largest absolute Gasteiger partial charge is 0.499 e. The molecule has 0 radical (unpaired) electrons. The van der Waals surface area contributed by atoms with E-state index in [4.69, 9.17) is 14.6 Å². The van der Waals surface area contributed by atoms with Crippen LogP contribution in [0, 0.1) is 11.3 Å². The van der Waals surface area contributed by atoms with Gasteiger partial charge in [-0.1, -0.05) is 0 Å². The van der Waals surface area contributed by atoms with Crippen LogP contribution in [0.5, 0.6) is 0 Å². The Morgan fingerprint density at radius 1 is 1.67 bits per heavy atom. The molecule has 1 aromatic heterocycles. The van der Waals surface area contributed by atoms with E-state index in [2.05, 4.69) is 5.10 Å². The Balaban J connectivity index is 2.28. The Labute approximate surface area is 88.7 Å². The van der Waals surface area contributed by atoms with E-state index >= 15 is 0 Å². The highest BCUT2D eigenvalue weighted by Crippen LogP contribution is 2.19. The summed E-state index contributed by atoms with van der Waals surface area (Å²) in [5.74, 6) is 0. The first kappa shape index (κ1) is 10.2. The predicted octanol–water partition coefficient (Wildman–Crippen LogP) is -0.188. The molecular formula is C9H12BN3O2. The third-order valence-electron chi connectivity index (χ3n) is 2.23. The second kappa shape index (κ2) is 3.37. The molecule has 1 aliphatic rings. The van der Waals surface area contributed by atoms with Gasteiger partial charge in [-0.25, -0.2) is 0 Å². The average molecular weight is 205 g/mol. The highest BCUT2D eigenvalue weighted by Gasteiger charge is 2.40. The lowest BCUT2D eigenvalue weighted by molar-refractivity contribution is 0.137. The minimum absolute atomic E-state index is 0.298.